The molecule has 42 heavy (non-hydrogen) atoms. The Balaban J connectivity index is 1.32. The van der Waals surface area contributed by atoms with Gasteiger partial charge in [-0.1, -0.05) is 54.6 Å². The second-order valence-corrected chi connectivity index (χ2v) is 11.8. The summed E-state index contributed by atoms with van der Waals surface area (Å²) >= 11 is 0. The number of sulfonamides is 1. The van der Waals surface area contributed by atoms with Crippen LogP contribution in [0.4, 0.5) is 4.79 Å². The van der Waals surface area contributed by atoms with E-state index in [1.807, 2.05) is 30.3 Å². The molecule has 1 aromatic heterocycles. The third kappa shape index (κ3) is 7.04. The molecule has 10 nitrogen and oxygen atoms in total. The van der Waals surface area contributed by atoms with Crippen molar-refractivity contribution < 1.29 is 27.9 Å². The number of nitrogens with zero attached hydrogens (tertiary/aromatic N) is 3. The first-order valence-corrected chi connectivity index (χ1v) is 15.2. The van der Waals surface area contributed by atoms with E-state index in [9.17, 15) is 23.1 Å². The van der Waals surface area contributed by atoms with Crippen LogP contribution in [0.5, 0.6) is 5.75 Å². The first-order chi connectivity index (χ1) is 20.3. The van der Waals surface area contributed by atoms with Crippen LogP contribution in [0.25, 0.3) is 10.8 Å². The molecule has 0 aliphatic carbocycles. The van der Waals surface area contributed by atoms with Crippen molar-refractivity contribution >= 4 is 32.8 Å². The summed E-state index contributed by atoms with van der Waals surface area (Å²) in [6.45, 7) is 1.41. The van der Waals surface area contributed by atoms with Crippen LogP contribution in [0.2, 0.25) is 0 Å². The minimum absolute atomic E-state index is 0.0501. The van der Waals surface area contributed by atoms with Crippen LogP contribution >= 0.6 is 0 Å². The SMILES string of the molecule is O=C(OCc1ccccc1)N1CCCN(C(=O)C(Cc2ccc(O)cc2)NS(=O)(=O)c2cccc3cnccc23)CC1. The highest BCUT2D eigenvalue weighted by Gasteiger charge is 2.32. The number of pyridine rings is 1. The molecule has 1 fully saturated rings. The molecule has 11 heteroatoms. The smallest absolute Gasteiger partial charge is 0.410 e. The van der Waals surface area contributed by atoms with E-state index >= 15 is 0 Å². The van der Waals surface area contributed by atoms with Crippen LogP contribution < -0.4 is 4.72 Å². The molecule has 0 bridgehead atoms. The van der Waals surface area contributed by atoms with Crippen molar-refractivity contribution in [3.63, 3.8) is 0 Å². The maximum absolute atomic E-state index is 13.9. The first-order valence-electron chi connectivity index (χ1n) is 13.7. The number of amides is 2. The standard InChI is InChI=1S/C31H32N4O6S/c36-26-12-10-23(11-13-26)20-28(33-42(39,40)29-9-4-8-25-21-32-15-14-27(25)29)30(37)34-16-5-17-35(19-18-34)31(38)41-22-24-6-2-1-3-7-24/h1-4,6-15,21,28,33,36H,5,16-20,22H2. The molecule has 0 spiro atoms. The second kappa shape index (κ2) is 13.0. The second-order valence-electron chi connectivity index (χ2n) is 10.1. The van der Waals surface area contributed by atoms with Crippen LogP contribution in [-0.4, -0.2) is 72.5 Å². The van der Waals surface area contributed by atoms with E-state index < -0.39 is 28.1 Å². The van der Waals surface area contributed by atoms with Crippen molar-refractivity contribution in [3.05, 3.63) is 102 Å². The monoisotopic (exact) mass is 588 g/mol. The predicted molar refractivity (Wildman–Crippen MR) is 157 cm³/mol. The van der Waals surface area contributed by atoms with E-state index in [1.165, 1.54) is 24.4 Å². The number of hydrogen-bond acceptors (Lipinski definition) is 7. The summed E-state index contributed by atoms with van der Waals surface area (Å²) in [5.74, 6) is -0.327. The van der Waals surface area contributed by atoms with Crippen molar-refractivity contribution in [2.24, 2.45) is 0 Å². The number of carbonyl (C=O) groups is 2. The third-order valence-electron chi connectivity index (χ3n) is 7.17. The molecule has 3 aromatic carbocycles. The van der Waals surface area contributed by atoms with Gasteiger partial charge in [-0.15, -0.1) is 0 Å². The van der Waals surface area contributed by atoms with Gasteiger partial charge in [-0.2, -0.15) is 4.72 Å². The number of rotatable bonds is 8. The maximum atomic E-state index is 13.9. The summed E-state index contributed by atoms with van der Waals surface area (Å²) in [4.78, 5) is 33.9. The number of carbonyl (C=O) groups excluding carboxylic acids is 2. The average molecular weight is 589 g/mol. The van der Waals surface area contributed by atoms with E-state index in [4.69, 9.17) is 4.74 Å². The van der Waals surface area contributed by atoms with Gasteiger partial charge in [0.25, 0.3) is 0 Å². The Hall–Kier alpha value is -4.48. The Morgan fingerprint density at radius 2 is 1.62 bits per heavy atom. The lowest BCUT2D eigenvalue weighted by molar-refractivity contribution is -0.132. The highest BCUT2D eigenvalue weighted by molar-refractivity contribution is 7.89. The molecular formula is C31H32N4O6S. The van der Waals surface area contributed by atoms with Crippen LogP contribution in [0, 0.1) is 0 Å². The molecule has 0 radical (unpaired) electrons. The molecule has 1 atom stereocenters. The molecule has 4 aromatic rings. The lowest BCUT2D eigenvalue weighted by Crippen LogP contribution is -2.50. The van der Waals surface area contributed by atoms with Gasteiger partial charge < -0.3 is 19.6 Å². The fourth-order valence-corrected chi connectivity index (χ4v) is 6.40. The van der Waals surface area contributed by atoms with Gasteiger partial charge in [-0.3, -0.25) is 9.78 Å². The highest BCUT2D eigenvalue weighted by atomic mass is 32.2. The Labute approximate surface area is 244 Å². The van der Waals surface area contributed by atoms with E-state index in [-0.39, 0.29) is 36.8 Å². The van der Waals surface area contributed by atoms with Gasteiger partial charge in [0.05, 0.1) is 4.90 Å². The van der Waals surface area contributed by atoms with Crippen molar-refractivity contribution in [2.45, 2.75) is 30.4 Å². The maximum Gasteiger partial charge on any atom is 0.410 e. The number of phenols is 1. The van der Waals surface area contributed by atoms with Gasteiger partial charge in [0, 0.05) is 49.3 Å². The number of benzene rings is 3. The summed E-state index contributed by atoms with van der Waals surface area (Å²) < 4.78 is 35.5. The van der Waals surface area contributed by atoms with Crippen molar-refractivity contribution in [1.29, 1.82) is 0 Å². The molecule has 218 valence electrons. The molecule has 1 unspecified atom stereocenters. The number of nitrogens with one attached hydrogen (secondary N) is 1. The first kappa shape index (κ1) is 29.0. The minimum Gasteiger partial charge on any atom is -0.508 e. The van der Waals surface area contributed by atoms with E-state index in [0.717, 1.165) is 5.56 Å². The highest BCUT2D eigenvalue weighted by Crippen LogP contribution is 2.23. The minimum atomic E-state index is -4.12. The summed E-state index contributed by atoms with van der Waals surface area (Å²) in [5, 5.41) is 10.9. The Morgan fingerprint density at radius 3 is 2.40 bits per heavy atom. The topological polar surface area (TPSA) is 129 Å². The normalized spacial score (nSPS) is 14.8. The van der Waals surface area contributed by atoms with Gasteiger partial charge in [0.2, 0.25) is 15.9 Å². The van der Waals surface area contributed by atoms with E-state index in [0.29, 0.717) is 35.8 Å². The number of aromatic hydroxyl groups is 1. The van der Waals surface area contributed by atoms with Gasteiger partial charge >= 0.3 is 6.09 Å². The largest absolute Gasteiger partial charge is 0.508 e. The van der Waals surface area contributed by atoms with E-state index in [2.05, 4.69) is 9.71 Å². The lowest BCUT2D eigenvalue weighted by atomic mass is 10.1. The molecule has 1 aliphatic heterocycles. The average Bonchev–Trinajstić information content (AvgIpc) is 3.27. The molecule has 2 heterocycles. The van der Waals surface area contributed by atoms with Crippen LogP contribution in [0.15, 0.2) is 96.2 Å². The summed E-state index contributed by atoms with van der Waals surface area (Å²) in [7, 11) is -4.12. The number of fused-ring (bicyclic) bond motifs is 1. The summed E-state index contributed by atoms with van der Waals surface area (Å²) in [6, 6.07) is 21.1. The van der Waals surface area contributed by atoms with Crippen LogP contribution in [0.3, 0.4) is 0 Å². The van der Waals surface area contributed by atoms with E-state index in [1.54, 1.807) is 46.3 Å². The molecule has 2 amide bonds. The van der Waals surface area contributed by atoms with Crippen LogP contribution in [-0.2, 0) is 32.6 Å². The molecule has 2 N–H and O–H groups in total. The number of phenolic OH excluding ortho intramolecular Hbond substituents is 1. The Kier molecular flexibility index (Phi) is 8.99. The fourth-order valence-electron chi connectivity index (χ4n) is 4.98. The Bertz CT molecular complexity index is 1640. The zero-order valence-electron chi connectivity index (χ0n) is 22.9. The number of hydrogen-bond donors (Lipinski definition) is 2. The lowest BCUT2D eigenvalue weighted by Gasteiger charge is -2.27. The zero-order chi connectivity index (χ0) is 29.5. The summed E-state index contributed by atoms with van der Waals surface area (Å²) in [5.41, 5.74) is 1.56. The fraction of sp³-hybridized carbons (Fsp3) is 0.258. The zero-order valence-corrected chi connectivity index (χ0v) is 23.7. The molecule has 1 aliphatic rings. The van der Waals surface area contributed by atoms with Crippen molar-refractivity contribution in [3.8, 4) is 5.75 Å². The van der Waals surface area contributed by atoms with Crippen molar-refractivity contribution in [2.75, 3.05) is 26.2 Å². The molecular weight excluding hydrogens is 556 g/mol. The third-order valence-corrected chi connectivity index (χ3v) is 8.70. The van der Waals surface area contributed by atoms with Crippen molar-refractivity contribution in [1.82, 2.24) is 19.5 Å². The molecule has 0 saturated carbocycles. The Morgan fingerprint density at radius 1 is 0.881 bits per heavy atom. The van der Waals surface area contributed by atoms with Gasteiger partial charge in [0.15, 0.2) is 0 Å². The van der Waals surface area contributed by atoms with Crippen LogP contribution in [0.1, 0.15) is 17.5 Å². The quantitative estimate of drug-likeness (QED) is 0.321. The summed E-state index contributed by atoms with van der Waals surface area (Å²) in [6.07, 6.45) is 3.24. The number of aromatic nitrogens is 1. The van der Waals surface area contributed by atoms with Gasteiger partial charge in [-0.25, -0.2) is 13.2 Å². The van der Waals surface area contributed by atoms with Gasteiger partial charge in [0.1, 0.15) is 18.4 Å². The molecule has 1 saturated heterocycles. The predicted octanol–water partition coefficient (Wildman–Crippen LogP) is 3.70. The number of ether oxygens (including phenoxy) is 1. The molecule has 5 rings (SSSR count). The van der Waals surface area contributed by atoms with Gasteiger partial charge in [-0.05, 0) is 48.2 Å².